The summed E-state index contributed by atoms with van der Waals surface area (Å²) < 4.78 is 23.5. The topological polar surface area (TPSA) is 74.2 Å². The quantitative estimate of drug-likeness (QED) is 0.387. The Bertz CT molecular complexity index is 1030. The van der Waals surface area contributed by atoms with Crippen molar-refractivity contribution >= 4 is 25.8 Å². The fourth-order valence-corrected chi connectivity index (χ4v) is 6.03. The minimum Gasteiger partial charge on any atom is -0.507 e. The number of hydrogen-bond acceptors (Lipinski definition) is 6. The summed E-state index contributed by atoms with van der Waals surface area (Å²) >= 11 is 0. The van der Waals surface area contributed by atoms with Gasteiger partial charge in [-0.15, -0.1) is 0 Å². The lowest BCUT2D eigenvalue weighted by Crippen LogP contribution is -2.45. The van der Waals surface area contributed by atoms with E-state index < -0.39 is 27.2 Å². The molecule has 7 heteroatoms. The molecule has 0 spiro atoms. The lowest BCUT2D eigenvalue weighted by Gasteiger charge is -2.40. The van der Waals surface area contributed by atoms with Crippen LogP contribution in [0.15, 0.2) is 18.2 Å². The number of fused-ring (bicyclic) bond motifs is 2. The number of phenolic OH excluding ortho intramolecular Hbond substituents is 1. The number of hydrogen-bond donors (Lipinski definition) is 1. The molecular weight excluding hydrogens is 448 g/mol. The van der Waals surface area contributed by atoms with Crippen molar-refractivity contribution in [3.8, 4) is 11.5 Å². The Balaban J connectivity index is 2.32. The van der Waals surface area contributed by atoms with Gasteiger partial charge in [0.25, 0.3) is 0 Å². The largest absolute Gasteiger partial charge is 0.507 e. The molecule has 0 saturated carbocycles. The summed E-state index contributed by atoms with van der Waals surface area (Å²) in [5, 5.41) is 13.3. The number of methoxy groups -OCH3 is 2. The number of phenols is 1. The summed E-state index contributed by atoms with van der Waals surface area (Å²) in [5.41, 5.74) is 2.80. The second-order valence-electron chi connectivity index (χ2n) is 10.4. The molecule has 3 atom stereocenters. The standard InChI is InChI=1S/C27H40O6Si/c1-9-10-13-19-22-17(15-20(32-19)25(26(29)31-6)33-34(7)8)23(27(2,3)4)16-12-11-14-18(30-5)21(16)24(22)28/h11-12,14,19-20,25,28,34H,9-10,13,15H2,1-8H3. The fraction of sp³-hybridized carbons (Fsp3) is 0.593. The molecule has 0 aliphatic carbocycles. The highest BCUT2D eigenvalue weighted by Crippen LogP contribution is 2.51. The molecule has 0 saturated heterocycles. The van der Waals surface area contributed by atoms with Gasteiger partial charge in [0.15, 0.2) is 15.1 Å². The summed E-state index contributed by atoms with van der Waals surface area (Å²) in [4.78, 5) is 12.8. The molecule has 6 nitrogen and oxygen atoms in total. The molecule has 0 amide bonds. The van der Waals surface area contributed by atoms with E-state index in [-0.39, 0.29) is 17.3 Å². The Morgan fingerprint density at radius 2 is 1.97 bits per heavy atom. The van der Waals surface area contributed by atoms with Gasteiger partial charge in [0.1, 0.15) is 11.5 Å². The lowest BCUT2D eigenvalue weighted by molar-refractivity contribution is -0.162. The molecule has 3 rings (SSSR count). The predicted molar refractivity (Wildman–Crippen MR) is 137 cm³/mol. The van der Waals surface area contributed by atoms with Crippen LogP contribution in [0.1, 0.15) is 69.8 Å². The van der Waals surface area contributed by atoms with E-state index in [2.05, 4.69) is 27.7 Å². The van der Waals surface area contributed by atoms with Crippen molar-refractivity contribution in [1.29, 1.82) is 0 Å². The van der Waals surface area contributed by atoms with E-state index in [9.17, 15) is 9.90 Å². The predicted octanol–water partition coefficient (Wildman–Crippen LogP) is 5.57. The number of rotatable bonds is 8. The molecule has 1 N–H and O–H groups in total. The van der Waals surface area contributed by atoms with E-state index >= 15 is 0 Å². The van der Waals surface area contributed by atoms with Crippen LogP contribution in [0.3, 0.4) is 0 Å². The van der Waals surface area contributed by atoms with Gasteiger partial charge in [-0.25, -0.2) is 4.79 Å². The number of carbonyl (C=O) groups excluding carboxylic acids is 1. The number of esters is 1. The molecule has 3 unspecified atom stereocenters. The van der Waals surface area contributed by atoms with E-state index in [1.54, 1.807) is 7.11 Å². The molecule has 1 aliphatic rings. The van der Waals surface area contributed by atoms with Crippen molar-refractivity contribution in [1.82, 2.24) is 0 Å². The Morgan fingerprint density at radius 1 is 1.26 bits per heavy atom. The maximum absolute atomic E-state index is 12.8. The van der Waals surface area contributed by atoms with Crippen LogP contribution >= 0.6 is 0 Å². The molecule has 2 aromatic carbocycles. The maximum atomic E-state index is 12.8. The minimum atomic E-state index is -1.55. The number of ether oxygens (including phenoxy) is 3. The smallest absolute Gasteiger partial charge is 0.336 e. The average molecular weight is 489 g/mol. The number of carbonyl (C=O) groups is 1. The highest BCUT2D eigenvalue weighted by molar-refractivity contribution is 6.48. The SMILES string of the molecule is CCCCC1OC(C(O[SiH](C)C)C(=O)OC)Cc2c1c(O)c1c(OC)cccc1c2C(C)(C)C. The number of benzene rings is 2. The van der Waals surface area contributed by atoms with Gasteiger partial charge in [-0.1, -0.05) is 52.7 Å². The van der Waals surface area contributed by atoms with Crippen LogP contribution in [0.5, 0.6) is 11.5 Å². The number of unbranched alkanes of at least 4 members (excludes halogenated alkanes) is 1. The maximum Gasteiger partial charge on any atom is 0.336 e. The Hall–Kier alpha value is -2.09. The van der Waals surface area contributed by atoms with Gasteiger partial charge >= 0.3 is 5.97 Å². The second-order valence-corrected chi connectivity index (χ2v) is 12.8. The van der Waals surface area contributed by atoms with Crippen LogP contribution in [0.2, 0.25) is 13.1 Å². The molecule has 0 aromatic heterocycles. The van der Waals surface area contributed by atoms with Crippen molar-refractivity contribution in [2.75, 3.05) is 14.2 Å². The zero-order valence-electron chi connectivity index (χ0n) is 21.9. The van der Waals surface area contributed by atoms with Gasteiger partial charge in [-0.2, -0.15) is 0 Å². The Morgan fingerprint density at radius 3 is 2.53 bits per heavy atom. The van der Waals surface area contributed by atoms with E-state index in [1.807, 2.05) is 31.3 Å². The average Bonchev–Trinajstić information content (AvgIpc) is 2.78. The van der Waals surface area contributed by atoms with Crippen molar-refractivity contribution in [2.45, 2.75) is 90.2 Å². The molecule has 34 heavy (non-hydrogen) atoms. The van der Waals surface area contributed by atoms with Crippen LogP contribution in [0, 0.1) is 0 Å². The Kier molecular flexibility index (Phi) is 8.32. The van der Waals surface area contributed by atoms with Crippen LogP contribution in [-0.2, 0) is 30.5 Å². The first kappa shape index (κ1) is 26.5. The molecule has 0 bridgehead atoms. The molecule has 1 aliphatic heterocycles. The molecule has 0 fully saturated rings. The first-order valence-electron chi connectivity index (χ1n) is 12.3. The van der Waals surface area contributed by atoms with Gasteiger partial charge in [-0.3, -0.25) is 0 Å². The summed E-state index contributed by atoms with van der Waals surface area (Å²) in [6.45, 7) is 12.7. The van der Waals surface area contributed by atoms with Crippen molar-refractivity contribution < 1.29 is 28.5 Å². The van der Waals surface area contributed by atoms with E-state index in [0.29, 0.717) is 17.6 Å². The van der Waals surface area contributed by atoms with Gasteiger partial charge in [-0.05, 0) is 47.5 Å². The zero-order valence-corrected chi connectivity index (χ0v) is 23.0. The van der Waals surface area contributed by atoms with E-state index in [4.69, 9.17) is 18.6 Å². The van der Waals surface area contributed by atoms with Crippen LogP contribution in [-0.4, -0.2) is 46.5 Å². The molecule has 0 radical (unpaired) electrons. The normalized spacial score (nSPS) is 19.2. The van der Waals surface area contributed by atoms with Gasteiger partial charge < -0.3 is 23.7 Å². The molecular formula is C27H40O6Si. The highest BCUT2D eigenvalue weighted by atomic mass is 28.3. The second kappa shape index (κ2) is 10.7. The van der Waals surface area contributed by atoms with Crippen LogP contribution in [0.4, 0.5) is 0 Å². The summed E-state index contributed by atoms with van der Waals surface area (Å²) in [5.74, 6) is 0.442. The van der Waals surface area contributed by atoms with Crippen LogP contribution < -0.4 is 4.74 Å². The van der Waals surface area contributed by atoms with Crippen molar-refractivity contribution in [3.63, 3.8) is 0 Å². The van der Waals surface area contributed by atoms with Gasteiger partial charge in [0, 0.05) is 12.0 Å². The zero-order chi connectivity index (χ0) is 25.2. The first-order chi connectivity index (χ1) is 16.0. The van der Waals surface area contributed by atoms with Gasteiger partial charge in [0.2, 0.25) is 0 Å². The van der Waals surface area contributed by atoms with E-state index in [1.165, 1.54) is 7.11 Å². The molecule has 188 valence electrons. The summed E-state index contributed by atoms with van der Waals surface area (Å²) in [6, 6.07) is 5.88. The lowest BCUT2D eigenvalue weighted by atomic mass is 9.74. The summed E-state index contributed by atoms with van der Waals surface area (Å²) in [7, 11) is 1.46. The first-order valence-corrected chi connectivity index (χ1v) is 15.1. The Labute approximate surface area is 205 Å². The molecule has 1 heterocycles. The third-order valence-corrected chi connectivity index (χ3v) is 7.30. The van der Waals surface area contributed by atoms with Gasteiger partial charge in [0.05, 0.1) is 31.8 Å². The minimum absolute atomic E-state index is 0.212. The highest BCUT2D eigenvalue weighted by Gasteiger charge is 2.42. The fourth-order valence-electron chi connectivity index (χ4n) is 5.16. The monoisotopic (exact) mass is 488 g/mol. The van der Waals surface area contributed by atoms with Crippen molar-refractivity contribution in [2.24, 2.45) is 0 Å². The van der Waals surface area contributed by atoms with Crippen LogP contribution in [0.25, 0.3) is 10.8 Å². The van der Waals surface area contributed by atoms with E-state index in [0.717, 1.165) is 41.3 Å². The molecule has 2 aromatic rings. The summed E-state index contributed by atoms with van der Waals surface area (Å²) in [6.07, 6.45) is 1.52. The third kappa shape index (κ3) is 5.11. The third-order valence-electron chi connectivity index (χ3n) is 6.46. The number of aromatic hydroxyl groups is 1. The van der Waals surface area contributed by atoms with Crippen molar-refractivity contribution in [3.05, 3.63) is 34.9 Å².